The number of fused-ring (bicyclic) bond motifs is 1. The second kappa shape index (κ2) is 6.96. The predicted molar refractivity (Wildman–Crippen MR) is 84.2 cm³/mol. The summed E-state index contributed by atoms with van der Waals surface area (Å²) >= 11 is 0. The molecule has 112 valence electrons. The number of methoxy groups -OCH3 is 1. The van der Waals surface area contributed by atoms with E-state index in [0.717, 1.165) is 22.5 Å². The molecule has 0 saturated carbocycles. The Morgan fingerprint density at radius 1 is 0.955 bits per heavy atom. The van der Waals surface area contributed by atoms with Crippen molar-refractivity contribution in [2.24, 2.45) is 0 Å². The van der Waals surface area contributed by atoms with Crippen LogP contribution in [0.5, 0.6) is 11.5 Å². The van der Waals surface area contributed by atoms with E-state index in [9.17, 15) is 5.11 Å². The summed E-state index contributed by atoms with van der Waals surface area (Å²) in [6.45, 7) is 0. The molecule has 0 bridgehead atoms. The Balaban J connectivity index is 0.00000176. The number of benzene rings is 2. The number of hydrogen-bond acceptors (Lipinski definition) is 2. The molecule has 3 nitrogen and oxygen atoms in total. The normalized spacial score (nSPS) is 10.6. The highest BCUT2D eigenvalue weighted by atomic mass is 35.5. The molecule has 0 unspecified atom stereocenters. The molecule has 0 radical (unpaired) electrons. The second-order valence-electron chi connectivity index (χ2n) is 4.67. The Hall–Kier alpha value is -2.52. The third-order valence-electron chi connectivity index (χ3n) is 3.21. The molecule has 2 aromatic carbocycles. The lowest BCUT2D eigenvalue weighted by molar-refractivity contribution is -0.00000598. The highest BCUT2D eigenvalue weighted by Crippen LogP contribution is 2.22. The van der Waals surface area contributed by atoms with E-state index in [0.29, 0.717) is 5.58 Å². The van der Waals surface area contributed by atoms with Gasteiger partial charge >= 0.3 is 11.3 Å². The number of hydrogen-bond donors (Lipinski definition) is 1. The van der Waals surface area contributed by atoms with E-state index in [2.05, 4.69) is 0 Å². The van der Waals surface area contributed by atoms with E-state index in [1.807, 2.05) is 54.6 Å². The third-order valence-corrected chi connectivity index (χ3v) is 3.21. The van der Waals surface area contributed by atoms with Gasteiger partial charge in [-0.1, -0.05) is 12.1 Å². The standard InChI is InChI=1S/C18H14O3.ClH/c1-20-16-8-2-13(3-9-16)4-10-17-11-6-14-5-7-15(19)12-18(14)21-17;/h2-12H,1H3;1H/b10-4+;. The van der Waals surface area contributed by atoms with Gasteiger partial charge in [0.1, 0.15) is 11.5 Å². The molecule has 3 aromatic rings. The first-order chi connectivity index (χ1) is 10.2. The van der Waals surface area contributed by atoms with Crippen LogP contribution in [0.3, 0.4) is 0 Å². The van der Waals surface area contributed by atoms with Crippen LogP contribution in [0.1, 0.15) is 11.3 Å². The minimum Gasteiger partial charge on any atom is -1.00 e. The second-order valence-corrected chi connectivity index (χ2v) is 4.67. The monoisotopic (exact) mass is 314 g/mol. The first-order valence-electron chi connectivity index (χ1n) is 6.62. The summed E-state index contributed by atoms with van der Waals surface area (Å²) in [7, 11) is 1.65. The summed E-state index contributed by atoms with van der Waals surface area (Å²) in [6.07, 6.45) is 3.86. The Kier molecular flexibility index (Phi) is 5.02. The van der Waals surface area contributed by atoms with E-state index in [1.54, 1.807) is 19.2 Å². The summed E-state index contributed by atoms with van der Waals surface area (Å²) in [5, 5.41) is 10.4. The van der Waals surface area contributed by atoms with Crippen molar-refractivity contribution >= 4 is 23.1 Å². The van der Waals surface area contributed by atoms with Gasteiger partial charge < -0.3 is 22.3 Å². The van der Waals surface area contributed by atoms with Crippen molar-refractivity contribution in [3.63, 3.8) is 0 Å². The molecule has 0 fully saturated rings. The average Bonchev–Trinajstić information content (AvgIpc) is 2.53. The zero-order valence-corrected chi connectivity index (χ0v) is 12.7. The summed E-state index contributed by atoms with van der Waals surface area (Å²) in [5.74, 6) is 1.75. The molecule has 0 atom stereocenters. The maximum absolute atomic E-state index is 9.49. The minimum absolute atomic E-state index is 0. The Morgan fingerprint density at radius 2 is 1.68 bits per heavy atom. The fourth-order valence-corrected chi connectivity index (χ4v) is 2.06. The van der Waals surface area contributed by atoms with Gasteiger partial charge in [-0.3, -0.25) is 0 Å². The van der Waals surface area contributed by atoms with Gasteiger partial charge in [0.05, 0.1) is 18.6 Å². The van der Waals surface area contributed by atoms with Gasteiger partial charge in [-0.15, -0.1) is 0 Å². The number of rotatable bonds is 3. The fourth-order valence-electron chi connectivity index (χ4n) is 2.06. The summed E-state index contributed by atoms with van der Waals surface area (Å²) in [5.41, 5.74) is 1.72. The van der Waals surface area contributed by atoms with E-state index in [1.165, 1.54) is 0 Å². The third kappa shape index (κ3) is 3.57. The van der Waals surface area contributed by atoms with Crippen LogP contribution in [-0.2, 0) is 0 Å². The molecule has 0 spiro atoms. The van der Waals surface area contributed by atoms with Crippen molar-refractivity contribution in [3.8, 4) is 11.5 Å². The molecule has 0 saturated heterocycles. The molecule has 4 heteroatoms. The van der Waals surface area contributed by atoms with Crippen LogP contribution < -0.4 is 17.1 Å². The largest absolute Gasteiger partial charge is 1.00 e. The Labute approximate surface area is 134 Å². The first-order valence-corrected chi connectivity index (χ1v) is 6.62. The fraction of sp³-hybridized carbons (Fsp3) is 0.0556. The molecule has 0 aliphatic heterocycles. The molecule has 3 rings (SSSR count). The molecule has 1 aromatic heterocycles. The van der Waals surface area contributed by atoms with Gasteiger partial charge in [-0.25, -0.2) is 4.42 Å². The molecule has 22 heavy (non-hydrogen) atoms. The van der Waals surface area contributed by atoms with Gasteiger partial charge in [0.25, 0.3) is 0 Å². The van der Waals surface area contributed by atoms with Crippen LogP contribution in [0, 0.1) is 0 Å². The quantitative estimate of drug-likeness (QED) is 0.747. The van der Waals surface area contributed by atoms with E-state index in [-0.39, 0.29) is 18.2 Å². The minimum atomic E-state index is 0. The molecular formula is C18H15ClO3. The van der Waals surface area contributed by atoms with Crippen molar-refractivity contribution in [1.82, 2.24) is 0 Å². The number of halogens is 1. The SMILES string of the molecule is COc1ccc(/C=C/c2ccc3ccc(O)cc3[o+]2)cc1.[Cl-]. The van der Waals surface area contributed by atoms with Gasteiger partial charge in [-0.05, 0) is 42.0 Å². The van der Waals surface area contributed by atoms with Gasteiger partial charge in [-0.2, -0.15) is 0 Å². The van der Waals surface area contributed by atoms with Gasteiger partial charge in [0.15, 0.2) is 0 Å². The Bertz CT molecular complexity index is 795. The Morgan fingerprint density at radius 3 is 2.41 bits per heavy atom. The van der Waals surface area contributed by atoms with Crippen molar-refractivity contribution in [2.75, 3.05) is 7.11 Å². The van der Waals surface area contributed by atoms with Crippen LogP contribution in [0.25, 0.3) is 23.1 Å². The van der Waals surface area contributed by atoms with E-state index in [4.69, 9.17) is 9.15 Å². The van der Waals surface area contributed by atoms with Gasteiger partial charge in [0.2, 0.25) is 0 Å². The molecule has 1 N–H and O–H groups in total. The van der Waals surface area contributed by atoms with Crippen LogP contribution in [0.15, 0.2) is 59.0 Å². The average molecular weight is 315 g/mol. The summed E-state index contributed by atoms with van der Waals surface area (Å²) in [4.78, 5) is 0. The zero-order valence-electron chi connectivity index (χ0n) is 12.0. The van der Waals surface area contributed by atoms with Crippen LogP contribution >= 0.6 is 0 Å². The number of phenolic OH excluding ortho intramolecular Hbond substituents is 1. The maximum Gasteiger partial charge on any atom is 0.364 e. The highest BCUT2D eigenvalue weighted by molar-refractivity contribution is 5.79. The lowest BCUT2D eigenvalue weighted by Crippen LogP contribution is -3.00. The van der Waals surface area contributed by atoms with Crippen LogP contribution in [0.4, 0.5) is 0 Å². The number of ether oxygens (including phenoxy) is 1. The first kappa shape index (κ1) is 15.9. The molecule has 0 amide bonds. The predicted octanol–water partition coefficient (Wildman–Crippen LogP) is 1.60. The van der Waals surface area contributed by atoms with Crippen LogP contribution in [0.2, 0.25) is 0 Å². The molecule has 0 aliphatic rings. The van der Waals surface area contributed by atoms with Crippen LogP contribution in [-0.4, -0.2) is 12.2 Å². The van der Waals surface area contributed by atoms with E-state index >= 15 is 0 Å². The lowest BCUT2D eigenvalue weighted by atomic mass is 10.2. The summed E-state index contributed by atoms with van der Waals surface area (Å²) < 4.78 is 10.9. The van der Waals surface area contributed by atoms with E-state index < -0.39 is 0 Å². The number of aromatic hydroxyl groups is 1. The number of phenols is 1. The molecule has 1 heterocycles. The van der Waals surface area contributed by atoms with Crippen molar-refractivity contribution in [2.45, 2.75) is 0 Å². The smallest absolute Gasteiger partial charge is 0.364 e. The highest BCUT2D eigenvalue weighted by Gasteiger charge is 2.10. The van der Waals surface area contributed by atoms with Crippen molar-refractivity contribution in [1.29, 1.82) is 0 Å². The van der Waals surface area contributed by atoms with Gasteiger partial charge in [0, 0.05) is 12.1 Å². The van der Waals surface area contributed by atoms with Crippen molar-refractivity contribution in [3.05, 3.63) is 65.9 Å². The lowest BCUT2D eigenvalue weighted by Gasteiger charge is -1.98. The topological polar surface area (TPSA) is 40.8 Å². The molecular weight excluding hydrogens is 300 g/mol. The summed E-state index contributed by atoms with van der Waals surface area (Å²) in [6, 6.07) is 16.7. The molecule has 0 aliphatic carbocycles. The zero-order chi connectivity index (χ0) is 14.7. The maximum atomic E-state index is 9.49. The van der Waals surface area contributed by atoms with Crippen molar-refractivity contribution < 1.29 is 26.7 Å².